The van der Waals surface area contributed by atoms with Crippen molar-refractivity contribution in [3.05, 3.63) is 42.0 Å². The molecule has 0 fully saturated rings. The minimum Gasteiger partial charge on any atom is -0.485 e. The lowest BCUT2D eigenvalue weighted by atomic mass is 10.2. The van der Waals surface area contributed by atoms with Crippen LogP contribution >= 0.6 is 0 Å². The fourth-order valence-electron chi connectivity index (χ4n) is 1.21. The zero-order chi connectivity index (χ0) is 12.1. The van der Waals surface area contributed by atoms with Gasteiger partial charge in [0.1, 0.15) is 5.75 Å². The number of rotatable bonds is 4. The predicted molar refractivity (Wildman–Crippen MR) is 56.4 cm³/mol. The molecule has 0 aliphatic carbocycles. The lowest BCUT2D eigenvalue weighted by Crippen LogP contribution is -2.01. The fraction of sp³-hybridized carbons (Fsp3) is 0.182. The maximum Gasteiger partial charge on any atom is 0.337 e. The second-order valence-corrected chi connectivity index (χ2v) is 3.15. The lowest BCUT2D eigenvalue weighted by molar-refractivity contribution is 0.0600. The van der Waals surface area contributed by atoms with Gasteiger partial charge in [0, 0.05) is 0 Å². The molecule has 0 amide bonds. The normalized spacial score (nSPS) is 9.94. The average molecular weight is 234 g/mol. The molecule has 6 heteroatoms. The van der Waals surface area contributed by atoms with Crippen LogP contribution in [0, 0.1) is 0 Å². The van der Waals surface area contributed by atoms with Gasteiger partial charge >= 0.3 is 5.97 Å². The molecule has 0 aliphatic rings. The van der Waals surface area contributed by atoms with Crippen LogP contribution in [-0.4, -0.2) is 23.2 Å². The van der Waals surface area contributed by atoms with Crippen LogP contribution < -0.4 is 4.74 Å². The zero-order valence-electron chi connectivity index (χ0n) is 9.12. The third kappa shape index (κ3) is 2.81. The van der Waals surface area contributed by atoms with Crippen LogP contribution in [0.2, 0.25) is 0 Å². The molecule has 0 atom stereocenters. The second kappa shape index (κ2) is 5.11. The smallest absolute Gasteiger partial charge is 0.337 e. The molecule has 0 radical (unpaired) electrons. The Morgan fingerprint density at radius 2 is 2.12 bits per heavy atom. The molecule has 88 valence electrons. The standard InChI is InChI=1S/C11H10N2O4/c1-15-11(14)8-2-4-9(5-3-8)16-6-10-12-7-17-13-10/h2-5,7H,6H2,1H3. The molecule has 1 aromatic carbocycles. The van der Waals surface area contributed by atoms with Crippen LogP contribution in [0.15, 0.2) is 35.2 Å². The minimum atomic E-state index is -0.380. The van der Waals surface area contributed by atoms with Gasteiger partial charge in [0.25, 0.3) is 0 Å². The van der Waals surface area contributed by atoms with E-state index in [1.165, 1.54) is 13.5 Å². The molecule has 0 N–H and O–H groups in total. The van der Waals surface area contributed by atoms with Gasteiger partial charge < -0.3 is 14.0 Å². The molecule has 0 saturated carbocycles. The predicted octanol–water partition coefficient (Wildman–Crippen LogP) is 1.44. The Kier molecular flexibility index (Phi) is 3.34. The Bertz CT molecular complexity index is 479. The highest BCUT2D eigenvalue weighted by atomic mass is 16.5. The number of hydrogen-bond acceptors (Lipinski definition) is 6. The number of methoxy groups -OCH3 is 1. The number of nitrogens with zero attached hydrogens (tertiary/aromatic N) is 2. The van der Waals surface area contributed by atoms with Crippen LogP contribution in [0.1, 0.15) is 16.2 Å². The Morgan fingerprint density at radius 3 is 2.71 bits per heavy atom. The van der Waals surface area contributed by atoms with Crippen LogP contribution in [-0.2, 0) is 11.3 Å². The number of esters is 1. The summed E-state index contributed by atoms with van der Waals surface area (Å²) >= 11 is 0. The summed E-state index contributed by atoms with van der Waals surface area (Å²) in [6.45, 7) is 0.216. The molecule has 6 nitrogen and oxygen atoms in total. The monoisotopic (exact) mass is 234 g/mol. The molecule has 0 unspecified atom stereocenters. The van der Waals surface area contributed by atoms with Gasteiger partial charge in [0.2, 0.25) is 12.2 Å². The second-order valence-electron chi connectivity index (χ2n) is 3.15. The van der Waals surface area contributed by atoms with Crippen molar-refractivity contribution in [1.29, 1.82) is 0 Å². The van der Waals surface area contributed by atoms with E-state index in [0.717, 1.165) is 0 Å². The molecule has 1 aromatic heterocycles. The number of benzene rings is 1. The first-order valence-electron chi connectivity index (χ1n) is 4.86. The van der Waals surface area contributed by atoms with Crippen LogP contribution in [0.3, 0.4) is 0 Å². The first-order chi connectivity index (χ1) is 8.29. The molecule has 2 aromatic rings. The largest absolute Gasteiger partial charge is 0.485 e. The highest BCUT2D eigenvalue weighted by Gasteiger charge is 2.05. The average Bonchev–Trinajstić information content (AvgIpc) is 2.89. The van der Waals surface area contributed by atoms with Gasteiger partial charge in [-0.3, -0.25) is 0 Å². The van der Waals surface area contributed by atoms with Crippen molar-refractivity contribution in [3.8, 4) is 5.75 Å². The fourth-order valence-corrected chi connectivity index (χ4v) is 1.21. The highest BCUT2D eigenvalue weighted by molar-refractivity contribution is 5.89. The van der Waals surface area contributed by atoms with Crippen LogP contribution in [0.25, 0.3) is 0 Å². The summed E-state index contributed by atoms with van der Waals surface area (Å²) in [4.78, 5) is 15.0. The first kappa shape index (κ1) is 11.1. The summed E-state index contributed by atoms with van der Waals surface area (Å²) in [5.74, 6) is 0.694. The van der Waals surface area contributed by atoms with Crippen LogP contribution in [0.4, 0.5) is 0 Å². The number of ether oxygens (including phenoxy) is 2. The number of carbonyl (C=O) groups is 1. The zero-order valence-corrected chi connectivity index (χ0v) is 9.12. The Morgan fingerprint density at radius 1 is 1.35 bits per heavy atom. The summed E-state index contributed by atoms with van der Waals surface area (Å²) in [5, 5.41) is 3.61. The van der Waals surface area contributed by atoms with Crippen molar-refractivity contribution in [1.82, 2.24) is 10.1 Å². The molecule has 0 saturated heterocycles. The number of hydrogen-bond donors (Lipinski definition) is 0. The van der Waals surface area contributed by atoms with E-state index in [2.05, 4.69) is 19.4 Å². The van der Waals surface area contributed by atoms with Crippen molar-refractivity contribution < 1.29 is 18.8 Å². The van der Waals surface area contributed by atoms with Crippen molar-refractivity contribution in [2.24, 2.45) is 0 Å². The van der Waals surface area contributed by atoms with Gasteiger partial charge in [-0.25, -0.2) is 4.79 Å². The van der Waals surface area contributed by atoms with E-state index >= 15 is 0 Å². The molecular formula is C11H10N2O4. The molecule has 0 aliphatic heterocycles. The van der Waals surface area contributed by atoms with Gasteiger partial charge in [-0.15, -0.1) is 0 Å². The number of aromatic nitrogens is 2. The van der Waals surface area contributed by atoms with Crippen molar-refractivity contribution in [3.63, 3.8) is 0 Å². The molecule has 17 heavy (non-hydrogen) atoms. The third-order valence-corrected chi connectivity index (χ3v) is 2.05. The summed E-state index contributed by atoms with van der Waals surface area (Å²) in [6.07, 6.45) is 1.24. The van der Waals surface area contributed by atoms with Crippen molar-refractivity contribution in [2.45, 2.75) is 6.61 Å². The SMILES string of the molecule is COC(=O)c1ccc(OCc2ncon2)cc1. The summed E-state index contributed by atoms with van der Waals surface area (Å²) in [5.41, 5.74) is 0.472. The van der Waals surface area contributed by atoms with Crippen LogP contribution in [0.5, 0.6) is 5.75 Å². The maximum atomic E-state index is 11.2. The summed E-state index contributed by atoms with van der Waals surface area (Å²) < 4.78 is 14.5. The molecule has 2 rings (SSSR count). The van der Waals surface area contributed by atoms with E-state index in [-0.39, 0.29) is 12.6 Å². The molecular weight excluding hydrogens is 224 g/mol. The van der Waals surface area contributed by atoms with E-state index in [1.807, 2.05) is 0 Å². The summed E-state index contributed by atoms with van der Waals surface area (Å²) in [7, 11) is 1.34. The summed E-state index contributed by atoms with van der Waals surface area (Å²) in [6, 6.07) is 6.59. The maximum absolute atomic E-state index is 11.2. The van der Waals surface area contributed by atoms with Crippen molar-refractivity contribution >= 4 is 5.97 Å². The van der Waals surface area contributed by atoms with E-state index in [4.69, 9.17) is 4.74 Å². The highest BCUT2D eigenvalue weighted by Crippen LogP contribution is 2.13. The van der Waals surface area contributed by atoms with E-state index in [0.29, 0.717) is 17.1 Å². The molecule has 1 heterocycles. The Balaban J connectivity index is 1.96. The van der Waals surface area contributed by atoms with Gasteiger partial charge in [-0.2, -0.15) is 4.98 Å². The minimum absolute atomic E-state index is 0.216. The van der Waals surface area contributed by atoms with Gasteiger partial charge in [0.15, 0.2) is 6.61 Å². The molecule has 0 spiro atoms. The van der Waals surface area contributed by atoms with E-state index in [1.54, 1.807) is 24.3 Å². The topological polar surface area (TPSA) is 74.5 Å². The number of carbonyl (C=O) groups excluding carboxylic acids is 1. The molecule has 0 bridgehead atoms. The van der Waals surface area contributed by atoms with E-state index in [9.17, 15) is 4.79 Å². The third-order valence-electron chi connectivity index (χ3n) is 2.05. The van der Waals surface area contributed by atoms with Gasteiger partial charge in [0.05, 0.1) is 12.7 Å². The van der Waals surface area contributed by atoms with E-state index < -0.39 is 0 Å². The Labute approximate surface area is 97.2 Å². The first-order valence-corrected chi connectivity index (χ1v) is 4.86. The van der Waals surface area contributed by atoms with Gasteiger partial charge in [-0.05, 0) is 24.3 Å². The quantitative estimate of drug-likeness (QED) is 0.745. The lowest BCUT2D eigenvalue weighted by Gasteiger charge is -2.04. The Hall–Kier alpha value is -2.37. The van der Waals surface area contributed by atoms with Crippen molar-refractivity contribution in [2.75, 3.05) is 7.11 Å². The van der Waals surface area contributed by atoms with Gasteiger partial charge in [-0.1, -0.05) is 5.16 Å².